The lowest BCUT2D eigenvalue weighted by atomic mass is 10.3. The monoisotopic (exact) mass is 262 g/mol. The minimum Gasteiger partial charge on any atom is -0.508 e. The number of phenols is 1. The van der Waals surface area contributed by atoms with E-state index < -0.39 is 4.92 Å². The SMILES string of the molecule is Cc1cnc(Sc2ccc(O)cc2)c([N+](=O)[O-])c1. The van der Waals surface area contributed by atoms with Crippen LogP contribution in [-0.2, 0) is 0 Å². The molecule has 0 aliphatic carbocycles. The van der Waals surface area contributed by atoms with Gasteiger partial charge in [-0.15, -0.1) is 0 Å². The number of hydrogen-bond donors (Lipinski definition) is 1. The Morgan fingerprint density at radius 1 is 1.33 bits per heavy atom. The van der Waals surface area contributed by atoms with Crippen LogP contribution in [0.2, 0.25) is 0 Å². The molecule has 0 atom stereocenters. The molecule has 92 valence electrons. The molecule has 5 nitrogen and oxygen atoms in total. The van der Waals surface area contributed by atoms with Crippen LogP contribution in [0.15, 0.2) is 46.5 Å². The zero-order valence-corrected chi connectivity index (χ0v) is 10.3. The second-order valence-electron chi connectivity index (χ2n) is 3.69. The number of rotatable bonds is 3. The van der Waals surface area contributed by atoms with Crippen molar-refractivity contribution in [3.8, 4) is 5.75 Å². The molecule has 0 aliphatic rings. The standard InChI is InChI=1S/C12H10N2O3S/c1-8-6-11(14(16)17)12(13-7-8)18-10-4-2-9(15)3-5-10/h2-7,15H,1H3. The zero-order valence-electron chi connectivity index (χ0n) is 9.53. The number of pyridine rings is 1. The zero-order chi connectivity index (χ0) is 13.1. The molecule has 0 spiro atoms. The van der Waals surface area contributed by atoms with Crippen LogP contribution in [0, 0.1) is 17.0 Å². The Morgan fingerprint density at radius 2 is 2.00 bits per heavy atom. The second kappa shape index (κ2) is 5.05. The Balaban J connectivity index is 2.34. The Hall–Kier alpha value is -2.08. The van der Waals surface area contributed by atoms with Crippen LogP contribution in [0.5, 0.6) is 5.75 Å². The van der Waals surface area contributed by atoms with E-state index in [-0.39, 0.29) is 11.4 Å². The molecule has 2 rings (SSSR count). The third-order valence-corrected chi connectivity index (χ3v) is 3.23. The summed E-state index contributed by atoms with van der Waals surface area (Å²) in [5, 5.41) is 20.4. The number of nitrogens with zero attached hydrogens (tertiary/aromatic N) is 2. The van der Waals surface area contributed by atoms with Crippen molar-refractivity contribution in [2.24, 2.45) is 0 Å². The lowest BCUT2D eigenvalue weighted by molar-refractivity contribution is -0.388. The highest BCUT2D eigenvalue weighted by molar-refractivity contribution is 7.99. The Bertz CT molecular complexity index is 584. The van der Waals surface area contributed by atoms with Gasteiger partial charge in [-0.05, 0) is 36.8 Å². The van der Waals surface area contributed by atoms with Crippen LogP contribution in [0.4, 0.5) is 5.69 Å². The average Bonchev–Trinajstić information content (AvgIpc) is 2.34. The van der Waals surface area contributed by atoms with Gasteiger partial charge in [-0.25, -0.2) is 4.98 Å². The van der Waals surface area contributed by atoms with Crippen molar-refractivity contribution < 1.29 is 10.0 Å². The van der Waals surface area contributed by atoms with Gasteiger partial charge in [0.05, 0.1) is 4.92 Å². The Kier molecular flexibility index (Phi) is 3.47. The van der Waals surface area contributed by atoms with E-state index >= 15 is 0 Å². The summed E-state index contributed by atoms with van der Waals surface area (Å²) in [6.07, 6.45) is 1.59. The minimum absolute atomic E-state index is 0.00641. The number of aromatic nitrogens is 1. The van der Waals surface area contributed by atoms with E-state index in [9.17, 15) is 10.1 Å². The first-order valence-electron chi connectivity index (χ1n) is 5.14. The highest BCUT2D eigenvalue weighted by atomic mass is 32.2. The van der Waals surface area contributed by atoms with Gasteiger partial charge in [-0.1, -0.05) is 11.8 Å². The van der Waals surface area contributed by atoms with Gasteiger partial charge in [-0.3, -0.25) is 10.1 Å². The van der Waals surface area contributed by atoms with E-state index in [1.165, 1.54) is 30.0 Å². The molecule has 0 saturated heterocycles. The molecule has 2 aromatic rings. The fourth-order valence-corrected chi connectivity index (χ4v) is 2.22. The molecule has 1 aromatic carbocycles. The number of benzene rings is 1. The van der Waals surface area contributed by atoms with Crippen molar-refractivity contribution in [2.45, 2.75) is 16.8 Å². The average molecular weight is 262 g/mol. The number of phenolic OH excluding ortho intramolecular Hbond substituents is 1. The Labute approximate surface area is 108 Å². The maximum Gasteiger partial charge on any atom is 0.301 e. The lowest BCUT2D eigenvalue weighted by Crippen LogP contribution is -1.94. The van der Waals surface area contributed by atoms with Gasteiger partial charge in [-0.2, -0.15) is 0 Å². The van der Waals surface area contributed by atoms with Gasteiger partial charge in [0, 0.05) is 17.2 Å². The van der Waals surface area contributed by atoms with Crippen LogP contribution in [0.3, 0.4) is 0 Å². The van der Waals surface area contributed by atoms with Crippen molar-refractivity contribution in [3.63, 3.8) is 0 Å². The minimum atomic E-state index is -0.442. The predicted molar refractivity (Wildman–Crippen MR) is 67.9 cm³/mol. The van der Waals surface area contributed by atoms with Crippen molar-refractivity contribution in [1.82, 2.24) is 4.98 Å². The molecule has 0 aliphatic heterocycles. The van der Waals surface area contributed by atoms with Crippen LogP contribution in [0.25, 0.3) is 0 Å². The summed E-state index contributed by atoms with van der Waals surface area (Å²) in [6, 6.07) is 7.93. The summed E-state index contributed by atoms with van der Waals surface area (Å²) in [6.45, 7) is 1.76. The number of aromatic hydroxyl groups is 1. The molecule has 0 fully saturated rings. The van der Waals surface area contributed by atoms with Crippen LogP contribution >= 0.6 is 11.8 Å². The fourth-order valence-electron chi connectivity index (χ4n) is 1.38. The molecule has 1 N–H and O–H groups in total. The first kappa shape index (κ1) is 12.4. The second-order valence-corrected chi connectivity index (χ2v) is 4.75. The molecule has 1 aromatic heterocycles. The molecule has 0 bridgehead atoms. The third kappa shape index (κ3) is 2.78. The van der Waals surface area contributed by atoms with Crippen molar-refractivity contribution >= 4 is 17.4 Å². The van der Waals surface area contributed by atoms with Crippen LogP contribution in [0.1, 0.15) is 5.56 Å². The quantitative estimate of drug-likeness (QED) is 0.679. The van der Waals surface area contributed by atoms with Crippen molar-refractivity contribution in [1.29, 1.82) is 0 Å². The summed E-state index contributed by atoms with van der Waals surface area (Å²) < 4.78 is 0. The van der Waals surface area contributed by atoms with Gasteiger partial charge >= 0.3 is 5.69 Å². The molecular weight excluding hydrogens is 252 g/mol. The molecular formula is C12H10N2O3S. The predicted octanol–water partition coefficient (Wildman–Crippen LogP) is 3.16. The fraction of sp³-hybridized carbons (Fsp3) is 0.0833. The first-order valence-corrected chi connectivity index (χ1v) is 5.96. The van der Waals surface area contributed by atoms with E-state index in [0.29, 0.717) is 5.03 Å². The molecule has 6 heteroatoms. The molecule has 18 heavy (non-hydrogen) atoms. The van der Waals surface area contributed by atoms with Gasteiger partial charge in [0.15, 0.2) is 5.03 Å². The number of hydrogen-bond acceptors (Lipinski definition) is 5. The van der Waals surface area contributed by atoms with E-state index in [2.05, 4.69) is 4.98 Å². The lowest BCUT2D eigenvalue weighted by Gasteiger charge is -2.03. The molecule has 0 radical (unpaired) electrons. The highest BCUT2D eigenvalue weighted by Crippen LogP contribution is 2.33. The third-order valence-electron chi connectivity index (χ3n) is 2.22. The van der Waals surface area contributed by atoms with E-state index in [1.807, 2.05) is 0 Å². The van der Waals surface area contributed by atoms with Gasteiger partial charge in [0.25, 0.3) is 0 Å². The first-order chi connectivity index (χ1) is 8.56. The topological polar surface area (TPSA) is 76.3 Å². The Morgan fingerprint density at radius 3 is 2.61 bits per heavy atom. The summed E-state index contributed by atoms with van der Waals surface area (Å²) >= 11 is 1.20. The maximum atomic E-state index is 10.9. The summed E-state index contributed by atoms with van der Waals surface area (Å²) in [5.74, 6) is 0.158. The summed E-state index contributed by atoms with van der Waals surface area (Å²) in [7, 11) is 0. The molecule has 0 amide bonds. The largest absolute Gasteiger partial charge is 0.508 e. The molecule has 0 saturated carbocycles. The highest BCUT2D eigenvalue weighted by Gasteiger charge is 2.16. The van der Waals surface area contributed by atoms with E-state index in [0.717, 1.165) is 10.5 Å². The van der Waals surface area contributed by atoms with E-state index in [1.54, 1.807) is 25.3 Å². The maximum absolute atomic E-state index is 10.9. The van der Waals surface area contributed by atoms with E-state index in [4.69, 9.17) is 5.11 Å². The number of aryl methyl sites for hydroxylation is 1. The van der Waals surface area contributed by atoms with Crippen molar-refractivity contribution in [3.05, 3.63) is 52.2 Å². The molecule has 0 unspecified atom stereocenters. The summed E-state index contributed by atoms with van der Waals surface area (Å²) in [4.78, 5) is 15.3. The summed E-state index contributed by atoms with van der Waals surface area (Å²) in [5.41, 5.74) is 0.741. The van der Waals surface area contributed by atoms with Crippen LogP contribution < -0.4 is 0 Å². The number of nitro groups is 1. The van der Waals surface area contributed by atoms with Crippen molar-refractivity contribution in [2.75, 3.05) is 0 Å². The van der Waals surface area contributed by atoms with Gasteiger partial charge < -0.3 is 5.11 Å². The van der Waals surface area contributed by atoms with Gasteiger partial charge in [0.2, 0.25) is 0 Å². The smallest absolute Gasteiger partial charge is 0.301 e. The molecule has 1 heterocycles. The van der Waals surface area contributed by atoms with Gasteiger partial charge in [0.1, 0.15) is 5.75 Å². The van der Waals surface area contributed by atoms with Crippen LogP contribution in [-0.4, -0.2) is 15.0 Å². The normalized spacial score (nSPS) is 10.3.